The van der Waals surface area contributed by atoms with Crippen LogP contribution in [0.3, 0.4) is 0 Å². The van der Waals surface area contributed by atoms with E-state index >= 15 is 0 Å². The molecule has 1 saturated heterocycles. The number of rotatable bonds is 0. The Bertz CT molecular complexity index is 583. The lowest BCUT2D eigenvalue weighted by Crippen LogP contribution is -2.37. The van der Waals surface area contributed by atoms with Crippen molar-refractivity contribution in [2.24, 2.45) is 5.92 Å². The number of carbonyl (C=O) groups excluding carboxylic acids is 1. The van der Waals surface area contributed by atoms with E-state index in [1.807, 2.05) is 43.9 Å². The first kappa shape index (κ1) is 15.5. The van der Waals surface area contributed by atoms with Crippen LogP contribution in [0, 0.1) is 5.92 Å². The summed E-state index contributed by atoms with van der Waals surface area (Å²) in [6.45, 7) is 7.38. The molecule has 2 unspecified atom stereocenters. The number of benzene rings is 1. The average molecular weight is 323 g/mol. The van der Waals surface area contributed by atoms with Crippen molar-refractivity contribution in [3.63, 3.8) is 0 Å². The maximum atomic E-state index is 12.6. The topological polar surface area (TPSA) is 41.6 Å². The van der Waals surface area contributed by atoms with Gasteiger partial charge in [0.05, 0.1) is 6.04 Å². The molecule has 1 aromatic carbocycles. The number of carbonyl (C=O) groups is 1. The van der Waals surface area contributed by atoms with E-state index in [1.54, 1.807) is 0 Å². The molecule has 3 rings (SSSR count). The van der Waals surface area contributed by atoms with Crippen LogP contribution in [0.2, 0.25) is 5.02 Å². The molecule has 1 fully saturated rings. The molecule has 1 N–H and O–H groups in total. The van der Waals surface area contributed by atoms with Crippen molar-refractivity contribution in [1.82, 2.24) is 4.90 Å². The van der Waals surface area contributed by atoms with Crippen molar-refractivity contribution in [2.45, 2.75) is 45.3 Å². The number of fused-ring (bicyclic) bond motifs is 3. The van der Waals surface area contributed by atoms with Gasteiger partial charge in [0, 0.05) is 23.8 Å². The Morgan fingerprint density at radius 1 is 1.36 bits per heavy atom. The van der Waals surface area contributed by atoms with Crippen LogP contribution >= 0.6 is 11.6 Å². The molecule has 0 aromatic heterocycles. The summed E-state index contributed by atoms with van der Waals surface area (Å²) in [4.78, 5) is 14.4. The Labute approximate surface area is 136 Å². The lowest BCUT2D eigenvalue weighted by Gasteiger charge is -2.30. The van der Waals surface area contributed by atoms with Crippen LogP contribution in [0.1, 0.15) is 45.2 Å². The summed E-state index contributed by atoms with van der Waals surface area (Å²) in [6, 6.07) is 5.93. The normalized spacial score (nSPS) is 24.1. The molecule has 2 aliphatic rings. The molecule has 2 aliphatic heterocycles. The van der Waals surface area contributed by atoms with Gasteiger partial charge in [-0.1, -0.05) is 11.6 Å². The van der Waals surface area contributed by atoms with E-state index in [4.69, 9.17) is 16.3 Å². The van der Waals surface area contributed by atoms with Gasteiger partial charge in [0.1, 0.15) is 5.60 Å². The third-order valence-electron chi connectivity index (χ3n) is 4.31. The highest BCUT2D eigenvalue weighted by molar-refractivity contribution is 6.30. The highest BCUT2D eigenvalue weighted by atomic mass is 35.5. The molecule has 120 valence electrons. The van der Waals surface area contributed by atoms with Gasteiger partial charge in [0.15, 0.2) is 0 Å². The van der Waals surface area contributed by atoms with E-state index in [0.717, 1.165) is 37.2 Å². The van der Waals surface area contributed by atoms with Gasteiger partial charge in [0.25, 0.3) is 0 Å². The van der Waals surface area contributed by atoms with Gasteiger partial charge < -0.3 is 15.0 Å². The van der Waals surface area contributed by atoms with E-state index < -0.39 is 5.60 Å². The predicted octanol–water partition coefficient (Wildman–Crippen LogP) is 4.45. The number of hydrogen-bond donors (Lipinski definition) is 1. The zero-order valence-electron chi connectivity index (χ0n) is 13.4. The number of ether oxygens (including phenoxy) is 1. The highest BCUT2D eigenvalue weighted by Gasteiger charge is 2.41. The number of amides is 1. The van der Waals surface area contributed by atoms with E-state index in [2.05, 4.69) is 5.32 Å². The number of nitrogens with zero attached hydrogens (tertiary/aromatic N) is 1. The average Bonchev–Trinajstić information content (AvgIpc) is 2.74. The summed E-state index contributed by atoms with van der Waals surface area (Å²) in [5.74, 6) is 0.458. The van der Waals surface area contributed by atoms with Gasteiger partial charge in [0.2, 0.25) is 0 Å². The van der Waals surface area contributed by atoms with Gasteiger partial charge in [-0.25, -0.2) is 4.79 Å². The summed E-state index contributed by atoms with van der Waals surface area (Å²) in [6.07, 6.45) is 1.83. The van der Waals surface area contributed by atoms with Crippen LogP contribution in [-0.2, 0) is 4.74 Å². The Balaban J connectivity index is 1.94. The zero-order valence-corrected chi connectivity index (χ0v) is 14.1. The minimum absolute atomic E-state index is 0.0542. The minimum atomic E-state index is -0.477. The molecular weight excluding hydrogens is 300 g/mol. The van der Waals surface area contributed by atoms with E-state index in [9.17, 15) is 4.79 Å². The molecule has 1 aromatic rings. The molecule has 0 radical (unpaired) electrons. The first-order chi connectivity index (χ1) is 10.3. The van der Waals surface area contributed by atoms with Crippen molar-refractivity contribution < 1.29 is 9.53 Å². The minimum Gasteiger partial charge on any atom is -0.444 e. The number of nitrogens with one attached hydrogen (secondary N) is 1. The maximum absolute atomic E-state index is 12.6. The molecule has 2 atom stereocenters. The number of anilines is 1. The Morgan fingerprint density at radius 2 is 2.14 bits per heavy atom. The molecule has 0 bridgehead atoms. The standard InChI is InChI=1S/C17H23ClN2O2/c1-17(2,3)22-16(21)20-9-7-11-6-8-19-14-5-4-12(18)10-13(14)15(11)20/h4-5,10-11,15,19H,6-9H2,1-3H3. The van der Waals surface area contributed by atoms with Gasteiger partial charge in [-0.15, -0.1) is 0 Å². The Morgan fingerprint density at radius 3 is 2.86 bits per heavy atom. The fourth-order valence-corrected chi connectivity index (χ4v) is 3.62. The second-order valence-corrected chi connectivity index (χ2v) is 7.55. The van der Waals surface area contributed by atoms with Gasteiger partial charge >= 0.3 is 6.09 Å². The first-order valence-corrected chi connectivity index (χ1v) is 8.26. The van der Waals surface area contributed by atoms with E-state index in [1.165, 1.54) is 0 Å². The fourth-order valence-electron chi connectivity index (χ4n) is 3.44. The Hall–Kier alpha value is -1.42. The number of likely N-dealkylation sites (tertiary alicyclic amines) is 1. The zero-order chi connectivity index (χ0) is 15.9. The molecule has 0 saturated carbocycles. The van der Waals surface area contributed by atoms with Crippen molar-refractivity contribution in [2.75, 3.05) is 18.4 Å². The summed E-state index contributed by atoms with van der Waals surface area (Å²) in [5.41, 5.74) is 1.71. The van der Waals surface area contributed by atoms with Crippen LogP contribution in [0.25, 0.3) is 0 Å². The van der Waals surface area contributed by atoms with Gasteiger partial charge in [-0.3, -0.25) is 0 Å². The second kappa shape index (κ2) is 5.65. The highest BCUT2D eigenvalue weighted by Crippen LogP contribution is 2.45. The molecule has 4 nitrogen and oxygen atoms in total. The monoisotopic (exact) mass is 322 g/mol. The Kier molecular flexibility index (Phi) is 3.98. The lowest BCUT2D eigenvalue weighted by molar-refractivity contribution is 0.0206. The predicted molar refractivity (Wildman–Crippen MR) is 88.3 cm³/mol. The van der Waals surface area contributed by atoms with Crippen molar-refractivity contribution in [3.8, 4) is 0 Å². The smallest absolute Gasteiger partial charge is 0.410 e. The molecule has 1 amide bonds. The third-order valence-corrected chi connectivity index (χ3v) is 4.55. The number of hydrogen-bond acceptors (Lipinski definition) is 3. The van der Waals surface area contributed by atoms with Crippen LogP contribution < -0.4 is 5.32 Å². The molecule has 0 aliphatic carbocycles. The van der Waals surface area contributed by atoms with Crippen molar-refractivity contribution in [3.05, 3.63) is 28.8 Å². The summed E-state index contributed by atoms with van der Waals surface area (Å²) >= 11 is 6.19. The van der Waals surface area contributed by atoms with Gasteiger partial charge in [-0.2, -0.15) is 0 Å². The first-order valence-electron chi connectivity index (χ1n) is 7.88. The van der Waals surface area contributed by atoms with Crippen molar-refractivity contribution >= 4 is 23.4 Å². The summed E-state index contributed by atoms with van der Waals surface area (Å²) in [7, 11) is 0. The SMILES string of the molecule is CC(C)(C)OC(=O)N1CCC2CCNc3ccc(Cl)cc3C21. The van der Waals surface area contributed by atoms with Gasteiger partial charge in [-0.05, 0) is 63.3 Å². The largest absolute Gasteiger partial charge is 0.444 e. The van der Waals surface area contributed by atoms with E-state index in [-0.39, 0.29) is 12.1 Å². The molecular formula is C17H23ClN2O2. The third kappa shape index (κ3) is 3.02. The summed E-state index contributed by atoms with van der Waals surface area (Å²) < 4.78 is 5.59. The fraction of sp³-hybridized carbons (Fsp3) is 0.588. The van der Waals surface area contributed by atoms with Crippen molar-refractivity contribution in [1.29, 1.82) is 0 Å². The van der Waals surface area contributed by atoms with Crippen LogP contribution in [0.4, 0.5) is 10.5 Å². The lowest BCUT2D eigenvalue weighted by atomic mass is 9.92. The molecule has 5 heteroatoms. The number of halogens is 1. The van der Waals surface area contributed by atoms with Crippen LogP contribution in [0.15, 0.2) is 18.2 Å². The maximum Gasteiger partial charge on any atom is 0.410 e. The summed E-state index contributed by atoms with van der Waals surface area (Å²) in [5, 5.41) is 4.16. The molecule has 2 heterocycles. The quantitative estimate of drug-likeness (QED) is 0.767. The molecule has 0 spiro atoms. The second-order valence-electron chi connectivity index (χ2n) is 7.11. The van der Waals surface area contributed by atoms with Crippen LogP contribution in [0.5, 0.6) is 0 Å². The van der Waals surface area contributed by atoms with E-state index in [0.29, 0.717) is 10.9 Å². The van der Waals surface area contributed by atoms with Crippen LogP contribution in [-0.4, -0.2) is 29.7 Å². The molecule has 22 heavy (non-hydrogen) atoms.